The van der Waals surface area contributed by atoms with Crippen LogP contribution in [0.3, 0.4) is 0 Å². The second-order valence-corrected chi connectivity index (χ2v) is 9.06. The molecule has 0 amide bonds. The third-order valence-electron chi connectivity index (χ3n) is 6.90. The number of hydrogen-bond acceptors (Lipinski definition) is 6. The van der Waals surface area contributed by atoms with E-state index in [4.69, 9.17) is 6.42 Å². The van der Waals surface area contributed by atoms with Gasteiger partial charge in [0.05, 0.1) is 5.56 Å². The fourth-order valence-electron chi connectivity index (χ4n) is 5.29. The van der Waals surface area contributed by atoms with Crippen LogP contribution in [0.15, 0.2) is 42.6 Å². The first kappa shape index (κ1) is 22.0. The first-order valence-electron chi connectivity index (χ1n) is 11.4. The number of halogens is 2. The van der Waals surface area contributed by atoms with Gasteiger partial charge in [0.15, 0.2) is 5.82 Å². The molecule has 4 aromatic rings. The summed E-state index contributed by atoms with van der Waals surface area (Å²) in [6.07, 6.45) is 11.3. The van der Waals surface area contributed by atoms with Crippen LogP contribution in [0.1, 0.15) is 16.8 Å². The zero-order valence-electron chi connectivity index (χ0n) is 19.2. The van der Waals surface area contributed by atoms with Crippen LogP contribution < -0.4 is 10.2 Å². The molecule has 8 heteroatoms. The van der Waals surface area contributed by atoms with Gasteiger partial charge in [0.1, 0.15) is 34.8 Å². The lowest BCUT2D eigenvalue weighted by molar-refractivity contribution is 0.476. The van der Waals surface area contributed by atoms with Crippen molar-refractivity contribution in [3.63, 3.8) is 0 Å². The van der Waals surface area contributed by atoms with Crippen molar-refractivity contribution in [2.75, 3.05) is 18.0 Å². The van der Waals surface area contributed by atoms with Crippen molar-refractivity contribution in [3.05, 3.63) is 71.1 Å². The van der Waals surface area contributed by atoms with Crippen molar-refractivity contribution < 1.29 is 13.9 Å². The van der Waals surface area contributed by atoms with Gasteiger partial charge < -0.3 is 15.3 Å². The highest BCUT2D eigenvalue weighted by Gasteiger charge is 2.31. The molecule has 2 N–H and O–H groups in total. The number of aromatic hydroxyl groups is 1. The molecular weight excluding hydrogens is 460 g/mol. The lowest BCUT2D eigenvalue weighted by Gasteiger charge is -2.34. The summed E-state index contributed by atoms with van der Waals surface area (Å²) in [5.41, 5.74) is 0.511. The van der Waals surface area contributed by atoms with Gasteiger partial charge in [0, 0.05) is 53.1 Å². The molecule has 1 saturated heterocycles. The minimum atomic E-state index is -0.694. The second kappa shape index (κ2) is 8.01. The van der Waals surface area contributed by atoms with Crippen LogP contribution in [0.25, 0.3) is 32.8 Å². The van der Waals surface area contributed by atoms with Crippen LogP contribution >= 0.6 is 0 Å². The average Bonchev–Trinajstić information content (AvgIpc) is 3.21. The van der Waals surface area contributed by atoms with E-state index in [2.05, 4.69) is 39.4 Å². The Balaban J connectivity index is 1.64. The summed E-state index contributed by atoms with van der Waals surface area (Å²) in [6.45, 7) is 2.88. The Hall–Kier alpha value is -4.53. The normalized spacial score (nSPS) is 18.5. The van der Waals surface area contributed by atoms with E-state index in [1.165, 1.54) is 30.5 Å². The summed E-state index contributed by atoms with van der Waals surface area (Å²) in [7, 11) is 0. The van der Waals surface area contributed by atoms with E-state index in [9.17, 15) is 14.8 Å². The fourth-order valence-corrected chi connectivity index (χ4v) is 5.29. The summed E-state index contributed by atoms with van der Waals surface area (Å²) >= 11 is 0. The Labute approximate surface area is 205 Å². The quantitative estimate of drug-likeness (QED) is 0.329. The molecule has 0 radical (unpaired) electrons. The van der Waals surface area contributed by atoms with Crippen LogP contribution in [-0.2, 0) is 0 Å². The molecule has 2 bridgehead atoms. The molecule has 36 heavy (non-hydrogen) atoms. The number of nitriles is 1. The molecule has 2 atom stereocenters. The lowest BCUT2D eigenvalue weighted by atomic mass is 9.94. The number of aromatic nitrogens is 2. The molecule has 2 aliphatic heterocycles. The molecule has 176 valence electrons. The molecule has 0 saturated carbocycles. The number of aryl methyl sites for hydroxylation is 1. The van der Waals surface area contributed by atoms with E-state index in [-0.39, 0.29) is 51.1 Å². The first-order valence-corrected chi connectivity index (χ1v) is 11.4. The van der Waals surface area contributed by atoms with Crippen molar-refractivity contribution in [2.24, 2.45) is 0 Å². The maximum absolute atomic E-state index is 16.4. The highest BCUT2D eigenvalue weighted by atomic mass is 19.1. The molecule has 2 aromatic heterocycles. The monoisotopic (exact) mass is 479 g/mol. The van der Waals surface area contributed by atoms with Gasteiger partial charge in [-0.2, -0.15) is 5.26 Å². The molecule has 4 heterocycles. The maximum Gasteiger partial charge on any atom is 0.157 e. The third kappa shape index (κ3) is 3.19. The number of phenols is 1. The minimum Gasteiger partial charge on any atom is -0.508 e. The smallest absolute Gasteiger partial charge is 0.157 e. The first-order chi connectivity index (χ1) is 17.4. The van der Waals surface area contributed by atoms with E-state index in [0.29, 0.717) is 35.2 Å². The summed E-state index contributed by atoms with van der Waals surface area (Å²) in [6, 6.07) is 7.80. The molecule has 0 spiro atoms. The van der Waals surface area contributed by atoms with Crippen molar-refractivity contribution in [3.8, 4) is 35.4 Å². The average molecular weight is 479 g/mol. The summed E-state index contributed by atoms with van der Waals surface area (Å²) in [5, 5.41) is 25.0. The molecule has 6 nitrogen and oxygen atoms in total. The largest absolute Gasteiger partial charge is 0.508 e. The lowest BCUT2D eigenvalue weighted by Crippen LogP contribution is -2.52. The van der Waals surface area contributed by atoms with E-state index >= 15 is 4.39 Å². The Morgan fingerprint density at radius 1 is 1.17 bits per heavy atom. The number of anilines is 1. The Bertz CT molecular complexity index is 1700. The number of terminal acetylenes is 1. The number of nitrogens with zero attached hydrogens (tertiary/aromatic N) is 4. The highest BCUT2D eigenvalue weighted by molar-refractivity contribution is 6.04. The number of piperazine rings is 1. The number of pyridine rings is 2. The second-order valence-electron chi connectivity index (χ2n) is 9.06. The van der Waals surface area contributed by atoms with Gasteiger partial charge in [-0.25, -0.2) is 13.8 Å². The molecule has 2 aliphatic rings. The highest BCUT2D eigenvalue weighted by Crippen LogP contribution is 2.40. The predicted octanol–water partition coefficient (Wildman–Crippen LogP) is 4.31. The van der Waals surface area contributed by atoms with E-state index in [1.54, 1.807) is 6.92 Å². The molecule has 6 rings (SSSR count). The number of nitrogens with one attached hydrogen (secondary N) is 1. The van der Waals surface area contributed by atoms with Crippen molar-refractivity contribution in [1.82, 2.24) is 15.3 Å². The molecule has 2 unspecified atom stereocenters. The molecular formula is C28H19F2N5O. The van der Waals surface area contributed by atoms with Crippen molar-refractivity contribution in [2.45, 2.75) is 19.0 Å². The van der Waals surface area contributed by atoms with Crippen LogP contribution in [0, 0.1) is 42.2 Å². The number of benzene rings is 2. The van der Waals surface area contributed by atoms with E-state index in [0.717, 1.165) is 0 Å². The number of hydrogen-bond donors (Lipinski definition) is 2. The zero-order chi connectivity index (χ0) is 25.1. The van der Waals surface area contributed by atoms with Gasteiger partial charge in [-0.15, -0.1) is 6.42 Å². The minimum absolute atomic E-state index is 0.0440. The summed E-state index contributed by atoms with van der Waals surface area (Å²) in [5.74, 6) is 1.37. The van der Waals surface area contributed by atoms with Gasteiger partial charge >= 0.3 is 0 Å². The Morgan fingerprint density at radius 2 is 1.92 bits per heavy atom. The number of rotatable bonds is 2. The molecule has 2 aromatic carbocycles. The van der Waals surface area contributed by atoms with Crippen LogP contribution in [0.2, 0.25) is 0 Å². The van der Waals surface area contributed by atoms with Gasteiger partial charge in [-0.1, -0.05) is 24.1 Å². The van der Waals surface area contributed by atoms with Crippen molar-refractivity contribution in [1.29, 1.82) is 5.26 Å². The Kier molecular flexibility index (Phi) is 4.89. The van der Waals surface area contributed by atoms with Crippen LogP contribution in [-0.4, -0.2) is 40.2 Å². The zero-order valence-corrected chi connectivity index (χ0v) is 19.2. The Morgan fingerprint density at radius 3 is 2.61 bits per heavy atom. The van der Waals surface area contributed by atoms with Gasteiger partial charge in [0.25, 0.3) is 0 Å². The van der Waals surface area contributed by atoms with Gasteiger partial charge in [-0.3, -0.25) is 4.98 Å². The number of fused-ring (bicyclic) bond motifs is 4. The topological polar surface area (TPSA) is 85.1 Å². The third-order valence-corrected chi connectivity index (χ3v) is 6.90. The summed E-state index contributed by atoms with van der Waals surface area (Å²) < 4.78 is 31.0. The number of phenolic OH excluding ortho intramolecular Hbond substituents is 1. The molecule has 0 aliphatic carbocycles. The predicted molar refractivity (Wildman–Crippen MR) is 134 cm³/mol. The van der Waals surface area contributed by atoms with E-state index in [1.807, 2.05) is 4.90 Å². The summed E-state index contributed by atoms with van der Waals surface area (Å²) in [4.78, 5) is 11.0. The van der Waals surface area contributed by atoms with Crippen LogP contribution in [0.4, 0.5) is 14.6 Å². The maximum atomic E-state index is 16.4. The van der Waals surface area contributed by atoms with Crippen LogP contribution in [0.5, 0.6) is 5.75 Å². The van der Waals surface area contributed by atoms with Crippen molar-refractivity contribution >= 4 is 27.4 Å². The van der Waals surface area contributed by atoms with Gasteiger partial charge in [0.2, 0.25) is 0 Å². The van der Waals surface area contributed by atoms with E-state index < -0.39 is 11.6 Å². The molecule has 1 fully saturated rings. The fraction of sp³-hybridized carbons (Fsp3) is 0.179. The standard InChI is InChI=1S/C28H19F2N5O/c1-3-19-22(29)7-4-15-8-18(36)9-20(25(15)19)27-26(30)24-14(2)23(10-31)34-28(21(24)11-32-27)35-12-16-5-6-17(13-35)33-16/h1,4-9,11,16-17,33,36H,12-13H2,2H3. The SMILES string of the molecule is C#Cc1c(F)ccc2cc(O)cc(-c3ncc4c(N5CC6C=CC(C5)N6)nc(C#N)c(C)c4c3F)c12. The van der Waals surface area contributed by atoms with Gasteiger partial charge in [-0.05, 0) is 36.1 Å².